The average Bonchev–Trinajstić information content (AvgIpc) is 2.55. The molecule has 0 aliphatic heterocycles. The number of aryl methyl sites for hydroxylation is 1. The zero-order chi connectivity index (χ0) is 16.4. The Morgan fingerprint density at radius 3 is 2.70 bits per heavy atom. The molecule has 0 atom stereocenters. The van der Waals surface area contributed by atoms with E-state index in [0.29, 0.717) is 17.2 Å². The molecule has 3 aromatic rings. The van der Waals surface area contributed by atoms with E-state index in [0.717, 1.165) is 16.6 Å². The molecule has 0 aliphatic carbocycles. The summed E-state index contributed by atoms with van der Waals surface area (Å²) in [5.74, 6) is 0.385. The molecule has 0 fully saturated rings. The predicted octanol–water partition coefficient (Wildman–Crippen LogP) is 3.18. The fraction of sp³-hybridized carbons (Fsp3) is 0.111. The standard InChI is InChI=1S/C18H17N3O2/c1-12-5-3-4-6-15(12)21(2)18(19)20-14-8-9-16-13(11-14)7-10-17(22)23-16/h3-11H,1-2H3,(H2,19,20). The van der Waals surface area contributed by atoms with Gasteiger partial charge in [-0.1, -0.05) is 18.2 Å². The van der Waals surface area contributed by atoms with Gasteiger partial charge in [-0.2, -0.15) is 0 Å². The molecule has 0 saturated heterocycles. The largest absolute Gasteiger partial charge is 0.423 e. The number of guanidine groups is 1. The van der Waals surface area contributed by atoms with Crippen molar-refractivity contribution >= 4 is 28.3 Å². The van der Waals surface area contributed by atoms with E-state index in [4.69, 9.17) is 10.2 Å². The van der Waals surface area contributed by atoms with Crippen molar-refractivity contribution in [1.82, 2.24) is 0 Å². The first-order valence-corrected chi connectivity index (χ1v) is 7.22. The summed E-state index contributed by atoms with van der Waals surface area (Å²) in [4.78, 5) is 17.5. The van der Waals surface area contributed by atoms with Gasteiger partial charge >= 0.3 is 5.63 Å². The minimum Gasteiger partial charge on any atom is -0.423 e. The number of aliphatic imine (C=N–C) groups is 1. The van der Waals surface area contributed by atoms with Crippen LogP contribution in [0.5, 0.6) is 0 Å². The summed E-state index contributed by atoms with van der Waals surface area (Å²) < 4.78 is 5.11. The third kappa shape index (κ3) is 3.08. The fourth-order valence-electron chi connectivity index (χ4n) is 2.40. The highest BCUT2D eigenvalue weighted by Crippen LogP contribution is 2.22. The Morgan fingerprint density at radius 1 is 1.13 bits per heavy atom. The first kappa shape index (κ1) is 14.8. The number of nitrogens with zero attached hydrogens (tertiary/aromatic N) is 2. The smallest absolute Gasteiger partial charge is 0.336 e. The molecular formula is C18H17N3O2. The van der Waals surface area contributed by atoms with Gasteiger partial charge in [0.1, 0.15) is 5.58 Å². The lowest BCUT2D eigenvalue weighted by Gasteiger charge is -2.20. The zero-order valence-corrected chi connectivity index (χ0v) is 13.0. The van der Waals surface area contributed by atoms with E-state index < -0.39 is 0 Å². The van der Waals surface area contributed by atoms with Crippen LogP contribution in [-0.2, 0) is 0 Å². The molecule has 0 bridgehead atoms. The SMILES string of the molecule is Cc1ccccc1N(C)C(N)=Nc1ccc2oc(=O)ccc2c1. The molecule has 1 heterocycles. The van der Waals surface area contributed by atoms with Crippen molar-refractivity contribution in [3.63, 3.8) is 0 Å². The number of benzene rings is 2. The van der Waals surface area contributed by atoms with E-state index in [-0.39, 0.29) is 5.63 Å². The fourth-order valence-corrected chi connectivity index (χ4v) is 2.40. The molecule has 0 unspecified atom stereocenters. The van der Waals surface area contributed by atoms with Crippen LogP contribution in [0.3, 0.4) is 0 Å². The van der Waals surface area contributed by atoms with Crippen LogP contribution in [0.4, 0.5) is 11.4 Å². The van der Waals surface area contributed by atoms with Crippen molar-refractivity contribution < 1.29 is 4.42 Å². The van der Waals surface area contributed by atoms with Crippen molar-refractivity contribution in [3.05, 3.63) is 70.6 Å². The maximum atomic E-state index is 11.2. The van der Waals surface area contributed by atoms with Gasteiger partial charge in [0.05, 0.1) is 5.69 Å². The van der Waals surface area contributed by atoms with E-state index >= 15 is 0 Å². The summed E-state index contributed by atoms with van der Waals surface area (Å²) in [7, 11) is 1.88. The van der Waals surface area contributed by atoms with Crippen LogP contribution in [0.1, 0.15) is 5.56 Å². The summed E-state index contributed by atoms with van der Waals surface area (Å²) in [6.45, 7) is 2.02. The number of hydrogen-bond acceptors (Lipinski definition) is 3. The van der Waals surface area contributed by atoms with Crippen molar-refractivity contribution in [2.24, 2.45) is 10.7 Å². The van der Waals surface area contributed by atoms with Gasteiger partial charge in [-0.15, -0.1) is 0 Å². The molecular weight excluding hydrogens is 290 g/mol. The van der Waals surface area contributed by atoms with Gasteiger partial charge in [0.2, 0.25) is 5.96 Å². The average molecular weight is 307 g/mol. The molecule has 2 N–H and O–H groups in total. The quantitative estimate of drug-likeness (QED) is 0.448. The zero-order valence-electron chi connectivity index (χ0n) is 13.0. The van der Waals surface area contributed by atoms with Crippen LogP contribution in [0, 0.1) is 6.92 Å². The van der Waals surface area contributed by atoms with Crippen LogP contribution in [-0.4, -0.2) is 13.0 Å². The molecule has 0 radical (unpaired) electrons. The lowest BCUT2D eigenvalue weighted by Crippen LogP contribution is -2.34. The highest BCUT2D eigenvalue weighted by atomic mass is 16.4. The van der Waals surface area contributed by atoms with Gasteiger partial charge in [0, 0.05) is 24.2 Å². The number of fused-ring (bicyclic) bond motifs is 1. The molecule has 5 heteroatoms. The van der Waals surface area contributed by atoms with Crippen molar-refractivity contribution in [3.8, 4) is 0 Å². The predicted molar refractivity (Wildman–Crippen MR) is 93.3 cm³/mol. The maximum absolute atomic E-state index is 11.2. The Hall–Kier alpha value is -3.08. The molecule has 3 rings (SSSR count). The number of anilines is 1. The summed E-state index contributed by atoms with van der Waals surface area (Å²) >= 11 is 0. The summed E-state index contributed by atoms with van der Waals surface area (Å²) in [5.41, 5.74) is 9.10. The van der Waals surface area contributed by atoms with Crippen LogP contribution < -0.4 is 16.3 Å². The number of nitrogens with two attached hydrogens (primary N) is 1. The molecule has 116 valence electrons. The Kier molecular flexibility index (Phi) is 3.85. The maximum Gasteiger partial charge on any atom is 0.336 e. The molecule has 1 aromatic heterocycles. The van der Waals surface area contributed by atoms with Crippen molar-refractivity contribution in [1.29, 1.82) is 0 Å². The van der Waals surface area contributed by atoms with Gasteiger partial charge < -0.3 is 15.1 Å². The van der Waals surface area contributed by atoms with Crippen molar-refractivity contribution in [2.45, 2.75) is 6.92 Å². The van der Waals surface area contributed by atoms with Crippen LogP contribution in [0.25, 0.3) is 11.0 Å². The van der Waals surface area contributed by atoms with E-state index in [1.165, 1.54) is 6.07 Å². The normalized spacial score (nSPS) is 11.7. The van der Waals surface area contributed by atoms with Gasteiger partial charge in [-0.05, 0) is 42.8 Å². The Balaban J connectivity index is 1.95. The second-order valence-electron chi connectivity index (χ2n) is 5.29. The molecule has 5 nitrogen and oxygen atoms in total. The van der Waals surface area contributed by atoms with Crippen LogP contribution >= 0.6 is 0 Å². The lowest BCUT2D eigenvalue weighted by molar-refractivity contribution is 0.561. The molecule has 0 aliphatic rings. The summed E-state index contributed by atoms with van der Waals surface area (Å²) in [6.07, 6.45) is 0. The van der Waals surface area contributed by atoms with Gasteiger partial charge in [-0.25, -0.2) is 9.79 Å². The first-order chi connectivity index (χ1) is 11.0. The molecule has 0 spiro atoms. The third-order valence-corrected chi connectivity index (χ3v) is 3.67. The number of rotatable bonds is 2. The topological polar surface area (TPSA) is 71.8 Å². The third-order valence-electron chi connectivity index (χ3n) is 3.67. The van der Waals surface area contributed by atoms with E-state index in [2.05, 4.69) is 4.99 Å². The molecule has 2 aromatic carbocycles. The van der Waals surface area contributed by atoms with E-state index in [9.17, 15) is 4.79 Å². The minimum atomic E-state index is -0.368. The summed E-state index contributed by atoms with van der Waals surface area (Å²) in [6, 6.07) is 16.4. The monoisotopic (exact) mass is 307 g/mol. The van der Waals surface area contributed by atoms with E-state index in [1.54, 1.807) is 18.2 Å². The highest BCUT2D eigenvalue weighted by Gasteiger charge is 2.08. The van der Waals surface area contributed by atoms with Gasteiger partial charge in [0.15, 0.2) is 0 Å². The number of para-hydroxylation sites is 1. The Labute approximate surface area is 133 Å². The molecule has 23 heavy (non-hydrogen) atoms. The highest BCUT2D eigenvalue weighted by molar-refractivity contribution is 5.97. The van der Waals surface area contributed by atoms with Crippen LogP contribution in [0.2, 0.25) is 0 Å². The first-order valence-electron chi connectivity index (χ1n) is 7.22. The number of hydrogen-bond donors (Lipinski definition) is 1. The lowest BCUT2D eigenvalue weighted by atomic mass is 10.2. The second-order valence-corrected chi connectivity index (χ2v) is 5.29. The molecule has 0 amide bonds. The van der Waals surface area contributed by atoms with Gasteiger partial charge in [-0.3, -0.25) is 0 Å². The van der Waals surface area contributed by atoms with E-state index in [1.807, 2.05) is 49.2 Å². The minimum absolute atomic E-state index is 0.368. The Bertz CT molecular complexity index is 944. The molecule has 0 saturated carbocycles. The second kappa shape index (κ2) is 5.96. The van der Waals surface area contributed by atoms with Crippen LogP contribution in [0.15, 0.2) is 68.8 Å². The van der Waals surface area contributed by atoms with Gasteiger partial charge in [0.25, 0.3) is 0 Å². The Morgan fingerprint density at radius 2 is 1.91 bits per heavy atom. The summed E-state index contributed by atoms with van der Waals surface area (Å²) in [5, 5.41) is 0.803. The van der Waals surface area contributed by atoms with Crippen molar-refractivity contribution in [2.75, 3.05) is 11.9 Å².